The van der Waals surface area contributed by atoms with E-state index in [9.17, 15) is 9.90 Å². The minimum Gasteiger partial charge on any atom is -0.457 e. The molecule has 0 aliphatic heterocycles. The number of carbonyl (C=O) groups excluding carboxylic acids is 1. The molecule has 3 nitrogen and oxygen atoms in total. The Balaban J connectivity index is 2.54. The first-order chi connectivity index (χ1) is 11.4. The third kappa shape index (κ3) is 4.29. The number of aliphatic hydroxyl groups is 1. The first-order valence-corrected chi connectivity index (χ1v) is 8.57. The normalized spacial score (nSPS) is 14.7. The lowest BCUT2D eigenvalue weighted by Crippen LogP contribution is -2.42. The highest BCUT2D eigenvalue weighted by Crippen LogP contribution is 2.34. The van der Waals surface area contributed by atoms with Crippen molar-refractivity contribution in [3.8, 4) is 0 Å². The summed E-state index contributed by atoms with van der Waals surface area (Å²) >= 11 is 0. The van der Waals surface area contributed by atoms with E-state index in [1.165, 1.54) is 0 Å². The van der Waals surface area contributed by atoms with Gasteiger partial charge >= 0.3 is 5.97 Å². The van der Waals surface area contributed by atoms with E-state index >= 15 is 0 Å². The van der Waals surface area contributed by atoms with Gasteiger partial charge in [0, 0.05) is 0 Å². The van der Waals surface area contributed by atoms with Gasteiger partial charge in [-0.1, -0.05) is 75.4 Å². The molecule has 2 aromatic rings. The fraction of sp³-hybridized carbons (Fsp3) is 0.409. The summed E-state index contributed by atoms with van der Waals surface area (Å²) in [6.07, 6.45) is 0. The molecule has 134 valence electrons. The van der Waals surface area contributed by atoms with Crippen molar-refractivity contribution in [2.45, 2.75) is 58.2 Å². The van der Waals surface area contributed by atoms with Crippen molar-refractivity contribution in [3.05, 3.63) is 71.3 Å². The molecule has 0 fully saturated rings. The molecule has 25 heavy (non-hydrogen) atoms. The summed E-state index contributed by atoms with van der Waals surface area (Å²) in [7, 11) is 0. The molecule has 3 heteroatoms. The highest BCUT2D eigenvalue weighted by molar-refractivity contribution is 5.85. The molecule has 1 atom stereocenters. The fourth-order valence-corrected chi connectivity index (χ4v) is 2.65. The number of benzene rings is 2. The van der Waals surface area contributed by atoms with Crippen LogP contribution in [0.4, 0.5) is 0 Å². The van der Waals surface area contributed by atoms with Crippen LogP contribution in [0.5, 0.6) is 0 Å². The third-order valence-electron chi connectivity index (χ3n) is 4.05. The van der Waals surface area contributed by atoms with Crippen molar-refractivity contribution in [2.24, 2.45) is 0 Å². The van der Waals surface area contributed by atoms with Gasteiger partial charge < -0.3 is 9.84 Å². The summed E-state index contributed by atoms with van der Waals surface area (Å²) in [5.74, 6) is -0.672. The number of hydrogen-bond donors (Lipinski definition) is 1. The molecule has 1 N–H and O–H groups in total. The maximum absolute atomic E-state index is 12.9. The summed E-state index contributed by atoms with van der Waals surface area (Å²) in [5, 5.41) is 11.4. The van der Waals surface area contributed by atoms with Gasteiger partial charge in [-0.15, -0.1) is 0 Å². The van der Waals surface area contributed by atoms with Crippen molar-refractivity contribution in [1.82, 2.24) is 0 Å². The number of rotatable bonds is 3. The van der Waals surface area contributed by atoms with Gasteiger partial charge in [0.1, 0.15) is 5.60 Å². The number of ether oxygens (including phenoxy) is 1. The Bertz CT molecular complexity index is 719. The highest BCUT2D eigenvalue weighted by atomic mass is 16.6. The van der Waals surface area contributed by atoms with Crippen LogP contribution < -0.4 is 0 Å². The predicted molar refractivity (Wildman–Crippen MR) is 100 cm³/mol. The minimum absolute atomic E-state index is 0.00465. The lowest BCUT2D eigenvalue weighted by molar-refractivity contribution is -0.173. The summed E-state index contributed by atoms with van der Waals surface area (Å²) in [6, 6.07) is 16.4. The quantitative estimate of drug-likeness (QED) is 0.833. The van der Waals surface area contributed by atoms with Crippen LogP contribution in [0, 0.1) is 0 Å². The molecule has 2 rings (SSSR count). The van der Waals surface area contributed by atoms with Crippen LogP contribution >= 0.6 is 0 Å². The third-order valence-corrected chi connectivity index (χ3v) is 4.05. The monoisotopic (exact) mass is 340 g/mol. The average molecular weight is 340 g/mol. The Labute approximate surface area is 150 Å². The molecule has 0 bridgehead atoms. The van der Waals surface area contributed by atoms with E-state index < -0.39 is 17.2 Å². The zero-order valence-electron chi connectivity index (χ0n) is 16.0. The van der Waals surface area contributed by atoms with E-state index in [1.54, 1.807) is 57.2 Å². The van der Waals surface area contributed by atoms with Crippen LogP contribution in [0.3, 0.4) is 0 Å². The molecule has 0 unspecified atom stereocenters. The van der Waals surface area contributed by atoms with Gasteiger partial charge in [0.2, 0.25) is 5.60 Å². The van der Waals surface area contributed by atoms with Crippen LogP contribution in [0.1, 0.15) is 58.2 Å². The molecule has 0 saturated carbocycles. The lowest BCUT2D eigenvalue weighted by atomic mass is 9.82. The van der Waals surface area contributed by atoms with Gasteiger partial charge in [0.25, 0.3) is 0 Å². The van der Waals surface area contributed by atoms with Crippen molar-refractivity contribution in [1.29, 1.82) is 0 Å². The van der Waals surface area contributed by atoms with Crippen LogP contribution in [-0.2, 0) is 20.5 Å². The Hall–Kier alpha value is -2.13. The van der Waals surface area contributed by atoms with Gasteiger partial charge in [0.05, 0.1) is 0 Å². The second-order valence-electron chi connectivity index (χ2n) is 8.41. The zero-order valence-corrected chi connectivity index (χ0v) is 16.0. The van der Waals surface area contributed by atoms with Crippen molar-refractivity contribution in [2.75, 3.05) is 0 Å². The van der Waals surface area contributed by atoms with E-state index in [0.29, 0.717) is 11.1 Å². The Morgan fingerprint density at radius 1 is 0.760 bits per heavy atom. The van der Waals surface area contributed by atoms with Gasteiger partial charge in [0.15, 0.2) is 0 Å². The average Bonchev–Trinajstić information content (AvgIpc) is 2.52. The van der Waals surface area contributed by atoms with Crippen LogP contribution in [-0.4, -0.2) is 16.7 Å². The molecule has 0 aromatic heterocycles. The summed E-state index contributed by atoms with van der Waals surface area (Å²) < 4.78 is 5.52. The van der Waals surface area contributed by atoms with Gasteiger partial charge in [-0.25, -0.2) is 4.79 Å². The molecular formula is C22H28O3. The van der Waals surface area contributed by atoms with Crippen molar-refractivity contribution < 1.29 is 14.6 Å². The molecule has 0 saturated heterocycles. The number of esters is 1. The smallest absolute Gasteiger partial charge is 0.348 e. The molecule has 0 aliphatic carbocycles. The molecular weight excluding hydrogens is 312 g/mol. The van der Waals surface area contributed by atoms with Crippen molar-refractivity contribution >= 4 is 5.97 Å². The second kappa shape index (κ2) is 6.64. The fourth-order valence-electron chi connectivity index (χ4n) is 2.65. The van der Waals surface area contributed by atoms with E-state index in [1.807, 2.05) is 18.2 Å². The van der Waals surface area contributed by atoms with E-state index in [4.69, 9.17) is 4.74 Å². The minimum atomic E-state index is -1.84. The molecule has 0 spiro atoms. The Morgan fingerprint density at radius 3 is 1.64 bits per heavy atom. The van der Waals surface area contributed by atoms with Crippen LogP contribution in [0.2, 0.25) is 0 Å². The van der Waals surface area contributed by atoms with E-state index in [2.05, 4.69) is 20.8 Å². The number of hydrogen-bond acceptors (Lipinski definition) is 3. The van der Waals surface area contributed by atoms with Crippen LogP contribution in [0.25, 0.3) is 0 Å². The maximum atomic E-state index is 12.9. The topological polar surface area (TPSA) is 46.5 Å². The maximum Gasteiger partial charge on any atom is 0.348 e. The van der Waals surface area contributed by atoms with Gasteiger partial charge in [-0.2, -0.15) is 0 Å². The largest absolute Gasteiger partial charge is 0.457 e. The predicted octanol–water partition coefficient (Wildman–Crippen LogP) is 4.56. The van der Waals surface area contributed by atoms with Crippen molar-refractivity contribution in [3.63, 3.8) is 0 Å². The van der Waals surface area contributed by atoms with Gasteiger partial charge in [-0.05, 0) is 42.9 Å². The van der Waals surface area contributed by atoms with Gasteiger partial charge in [-0.3, -0.25) is 0 Å². The Morgan fingerprint density at radius 2 is 1.20 bits per heavy atom. The van der Waals surface area contributed by atoms with Crippen LogP contribution in [0.15, 0.2) is 54.6 Å². The molecule has 0 aliphatic rings. The summed E-state index contributed by atoms with van der Waals surface area (Å²) in [6.45, 7) is 11.7. The zero-order chi connectivity index (χ0) is 18.9. The standard InChI is InChI=1S/C22H28O3/c1-20(2,3)16-12-14-18(15-13-16)22(24,17-10-8-7-9-11-17)19(23)25-21(4,5)6/h7-15,24H,1-6H3/t22-/m1/s1. The van der Waals surface area contributed by atoms with E-state index in [-0.39, 0.29) is 5.41 Å². The number of carbonyl (C=O) groups is 1. The summed E-state index contributed by atoms with van der Waals surface area (Å²) in [4.78, 5) is 12.9. The molecule has 0 heterocycles. The van der Waals surface area contributed by atoms with E-state index in [0.717, 1.165) is 5.56 Å². The summed E-state index contributed by atoms with van der Waals surface area (Å²) in [5.41, 5.74) is -0.407. The SMILES string of the molecule is CC(C)(C)OC(=O)[C@@](O)(c1ccccc1)c1ccc(C(C)(C)C)cc1. The Kier molecular flexibility index (Phi) is 5.10. The highest BCUT2D eigenvalue weighted by Gasteiger charge is 2.43. The second-order valence-corrected chi connectivity index (χ2v) is 8.41. The first-order valence-electron chi connectivity index (χ1n) is 8.57. The first kappa shape index (κ1) is 19.2. The lowest BCUT2D eigenvalue weighted by Gasteiger charge is -2.31. The molecule has 0 amide bonds. The molecule has 0 radical (unpaired) electrons. The molecule has 2 aromatic carbocycles.